The molecule has 4 rings (SSSR count). The van der Waals surface area contributed by atoms with Gasteiger partial charge in [-0.15, -0.1) is 21.5 Å². The number of nitrogens with zero attached hydrogens (tertiary/aromatic N) is 4. The third-order valence-corrected chi connectivity index (χ3v) is 7.07. The maximum absolute atomic E-state index is 12.3. The van der Waals surface area contributed by atoms with Crippen LogP contribution in [0.25, 0.3) is 17.1 Å². The Morgan fingerprint density at radius 3 is 2.55 bits per heavy atom. The first kappa shape index (κ1) is 21.9. The molecule has 0 saturated heterocycles. The van der Waals surface area contributed by atoms with E-state index in [9.17, 15) is 4.79 Å². The zero-order chi connectivity index (χ0) is 21.6. The van der Waals surface area contributed by atoms with Crippen molar-refractivity contribution in [3.05, 3.63) is 79.9 Å². The van der Waals surface area contributed by atoms with Crippen LogP contribution in [0.2, 0.25) is 0 Å². The van der Waals surface area contributed by atoms with E-state index in [1.165, 1.54) is 23.1 Å². The van der Waals surface area contributed by atoms with Gasteiger partial charge < -0.3 is 0 Å². The van der Waals surface area contributed by atoms with Crippen molar-refractivity contribution >= 4 is 67.1 Å². The highest BCUT2D eigenvalue weighted by Crippen LogP contribution is 2.28. The lowest BCUT2D eigenvalue weighted by Gasteiger charge is -2.10. The largest absolute Gasteiger partial charge is 0.272 e. The Morgan fingerprint density at radius 2 is 1.84 bits per heavy atom. The molecule has 0 unspecified atom stereocenters. The number of thioether (sulfide) groups is 1. The summed E-state index contributed by atoms with van der Waals surface area (Å²) in [6.45, 7) is 0. The number of nitrogens with one attached hydrogen (secondary N) is 1. The number of hydrogen-bond acceptors (Lipinski definition) is 6. The number of halogens is 2. The molecule has 0 saturated carbocycles. The minimum Gasteiger partial charge on any atom is -0.272 e. The zero-order valence-corrected chi connectivity index (χ0v) is 20.7. The summed E-state index contributed by atoms with van der Waals surface area (Å²) in [7, 11) is 0. The second-order valence-corrected chi connectivity index (χ2v) is 10.6. The van der Waals surface area contributed by atoms with Crippen molar-refractivity contribution in [1.29, 1.82) is 0 Å². The monoisotopic (exact) mass is 575 g/mol. The van der Waals surface area contributed by atoms with Crippen LogP contribution in [-0.2, 0) is 4.79 Å². The Balaban J connectivity index is 1.51. The van der Waals surface area contributed by atoms with Crippen molar-refractivity contribution in [3.63, 3.8) is 0 Å². The average molecular weight is 577 g/mol. The first-order valence-corrected chi connectivity index (χ1v) is 12.5. The Morgan fingerprint density at radius 1 is 1.06 bits per heavy atom. The lowest BCUT2D eigenvalue weighted by atomic mass is 10.2. The van der Waals surface area contributed by atoms with Crippen LogP contribution >= 0.6 is 55.0 Å². The Labute approximate surface area is 204 Å². The fraction of sp³-hybridized carbons (Fsp3) is 0.0476. The van der Waals surface area contributed by atoms with Crippen LogP contribution in [0.4, 0.5) is 0 Å². The number of amides is 1. The van der Waals surface area contributed by atoms with Gasteiger partial charge >= 0.3 is 0 Å². The number of carbonyl (C=O) groups is 1. The lowest BCUT2D eigenvalue weighted by Crippen LogP contribution is -2.19. The number of carbonyl (C=O) groups excluding carboxylic acids is 1. The normalized spacial score (nSPS) is 11.2. The van der Waals surface area contributed by atoms with Crippen LogP contribution < -0.4 is 5.43 Å². The maximum atomic E-state index is 12.3. The zero-order valence-electron chi connectivity index (χ0n) is 15.9. The predicted octanol–water partition coefficient (Wildman–Crippen LogP) is 5.76. The number of aromatic nitrogens is 3. The summed E-state index contributed by atoms with van der Waals surface area (Å²) < 4.78 is 3.94. The van der Waals surface area contributed by atoms with E-state index in [4.69, 9.17) is 0 Å². The first-order chi connectivity index (χ1) is 15.1. The van der Waals surface area contributed by atoms with E-state index >= 15 is 0 Å². The number of rotatable bonds is 7. The molecule has 0 spiro atoms. The van der Waals surface area contributed by atoms with Crippen molar-refractivity contribution < 1.29 is 4.79 Å². The molecule has 10 heteroatoms. The second-order valence-electron chi connectivity index (χ2n) is 6.21. The van der Waals surface area contributed by atoms with Crippen molar-refractivity contribution in [3.8, 4) is 17.1 Å². The van der Waals surface area contributed by atoms with Gasteiger partial charge in [0.15, 0.2) is 11.0 Å². The fourth-order valence-electron chi connectivity index (χ4n) is 2.69. The summed E-state index contributed by atoms with van der Waals surface area (Å²) in [5, 5.41) is 13.4. The van der Waals surface area contributed by atoms with Gasteiger partial charge in [-0.2, -0.15) is 5.10 Å². The number of hydrogen-bond donors (Lipinski definition) is 1. The van der Waals surface area contributed by atoms with Crippen molar-refractivity contribution in [2.75, 3.05) is 5.75 Å². The molecule has 2 heterocycles. The van der Waals surface area contributed by atoms with E-state index in [1.807, 2.05) is 71.3 Å². The van der Waals surface area contributed by atoms with E-state index in [-0.39, 0.29) is 11.7 Å². The molecule has 2 aromatic heterocycles. The summed E-state index contributed by atoms with van der Waals surface area (Å²) in [4.78, 5) is 13.2. The second kappa shape index (κ2) is 10.4. The summed E-state index contributed by atoms with van der Waals surface area (Å²) in [5.41, 5.74) is 4.41. The highest BCUT2D eigenvalue weighted by atomic mass is 79.9. The van der Waals surface area contributed by atoms with E-state index < -0.39 is 0 Å². The van der Waals surface area contributed by atoms with Gasteiger partial charge in [-0.25, -0.2) is 5.43 Å². The molecule has 0 aliphatic heterocycles. The van der Waals surface area contributed by atoms with Gasteiger partial charge in [-0.1, -0.05) is 58.0 Å². The minimum absolute atomic E-state index is 0.162. The molecule has 31 heavy (non-hydrogen) atoms. The van der Waals surface area contributed by atoms with Gasteiger partial charge in [0.25, 0.3) is 5.91 Å². The molecule has 0 radical (unpaired) electrons. The quantitative estimate of drug-likeness (QED) is 0.172. The summed E-state index contributed by atoms with van der Waals surface area (Å²) >= 11 is 9.71. The van der Waals surface area contributed by atoms with Crippen LogP contribution in [0, 0.1) is 0 Å². The standard InChI is InChI=1S/C21H15Br2N5OS2/c22-15-6-8-16(9-7-15)28-20(14-4-2-1-3-5-14)26-27-21(28)30-13-19(29)25-24-12-17-10-11-18(23)31-17/h1-12H,13H2,(H,25,29)/b24-12+. The number of hydrazone groups is 1. The molecule has 156 valence electrons. The van der Waals surface area contributed by atoms with Crippen LogP contribution in [0.3, 0.4) is 0 Å². The van der Waals surface area contributed by atoms with Gasteiger partial charge in [0.1, 0.15) is 0 Å². The Bertz CT molecular complexity index is 1210. The van der Waals surface area contributed by atoms with Gasteiger partial charge in [0, 0.05) is 20.6 Å². The van der Waals surface area contributed by atoms with E-state index in [2.05, 4.69) is 52.6 Å². The van der Waals surface area contributed by atoms with Crippen LogP contribution in [0.1, 0.15) is 4.88 Å². The van der Waals surface area contributed by atoms with Crippen LogP contribution in [0.5, 0.6) is 0 Å². The van der Waals surface area contributed by atoms with Crippen molar-refractivity contribution in [1.82, 2.24) is 20.2 Å². The van der Waals surface area contributed by atoms with Crippen LogP contribution in [-0.4, -0.2) is 32.6 Å². The average Bonchev–Trinajstić information content (AvgIpc) is 3.39. The summed E-state index contributed by atoms with van der Waals surface area (Å²) in [6, 6.07) is 21.6. The predicted molar refractivity (Wildman–Crippen MR) is 133 cm³/mol. The van der Waals surface area contributed by atoms with E-state index in [0.717, 1.165) is 24.4 Å². The third kappa shape index (κ3) is 5.70. The minimum atomic E-state index is -0.219. The van der Waals surface area contributed by atoms with Gasteiger partial charge in [0.2, 0.25) is 0 Å². The van der Waals surface area contributed by atoms with Gasteiger partial charge in [-0.05, 0) is 52.3 Å². The highest BCUT2D eigenvalue weighted by Gasteiger charge is 2.17. The molecule has 4 aromatic rings. The molecule has 1 N–H and O–H groups in total. The molecule has 0 aliphatic carbocycles. The SMILES string of the molecule is O=C(CSc1nnc(-c2ccccc2)n1-c1ccc(Br)cc1)N/N=C/c1ccc(Br)s1. The number of benzene rings is 2. The first-order valence-electron chi connectivity index (χ1n) is 9.07. The molecule has 0 fully saturated rings. The molecule has 0 aliphatic rings. The third-order valence-electron chi connectivity index (χ3n) is 4.06. The molecule has 0 atom stereocenters. The fourth-order valence-corrected chi connectivity index (χ4v) is 4.99. The summed E-state index contributed by atoms with van der Waals surface area (Å²) in [5.74, 6) is 0.658. The van der Waals surface area contributed by atoms with Gasteiger partial charge in [0.05, 0.1) is 15.8 Å². The van der Waals surface area contributed by atoms with Crippen LogP contribution in [0.15, 0.2) is 85.2 Å². The van der Waals surface area contributed by atoms with E-state index in [1.54, 1.807) is 6.21 Å². The molecule has 1 amide bonds. The smallest absolute Gasteiger partial charge is 0.250 e. The van der Waals surface area contributed by atoms with Gasteiger partial charge in [-0.3, -0.25) is 9.36 Å². The Hall–Kier alpha value is -2.27. The molecular weight excluding hydrogens is 562 g/mol. The molecule has 0 bridgehead atoms. The summed E-state index contributed by atoms with van der Waals surface area (Å²) in [6.07, 6.45) is 1.62. The molecule has 2 aromatic carbocycles. The topological polar surface area (TPSA) is 72.2 Å². The number of thiophene rings is 1. The molecular formula is C21H15Br2N5OS2. The maximum Gasteiger partial charge on any atom is 0.250 e. The van der Waals surface area contributed by atoms with Crippen molar-refractivity contribution in [2.24, 2.45) is 5.10 Å². The van der Waals surface area contributed by atoms with Crippen molar-refractivity contribution in [2.45, 2.75) is 5.16 Å². The Kier molecular flexibility index (Phi) is 7.33. The lowest BCUT2D eigenvalue weighted by molar-refractivity contribution is -0.118. The van der Waals surface area contributed by atoms with E-state index in [0.29, 0.717) is 11.0 Å². The molecule has 6 nitrogen and oxygen atoms in total. The highest BCUT2D eigenvalue weighted by molar-refractivity contribution is 9.11.